The average molecular weight is 669 g/mol. The predicted molar refractivity (Wildman–Crippen MR) is 207 cm³/mol. The standard InChI is InChI=1S/C45H27N3OS/c1-3-9-28(10-4-1)30-15-17-31(18-16-30)43-46-44(48-45(47-43)34-20-22-36-35-13-7-8-14-39(35)49-40(36)26-34)33-21-24-41-38(25-33)37-23-19-32(27-42(37)50-41)29-11-5-2-6-12-29/h1-27H/i2D,5D,6D,11D,12D,19D,21D,23D,24D,25D,27D. The first-order chi connectivity index (χ1) is 29.3. The van der Waals surface area contributed by atoms with Crippen LogP contribution in [0, 0.1) is 0 Å². The first-order valence-electron chi connectivity index (χ1n) is 21.2. The molecule has 3 heterocycles. The van der Waals surface area contributed by atoms with Crippen LogP contribution >= 0.6 is 11.3 Å². The molecular weight excluding hydrogens is 631 g/mol. The van der Waals surface area contributed by atoms with E-state index in [2.05, 4.69) is 0 Å². The third kappa shape index (κ3) is 4.95. The lowest BCUT2D eigenvalue weighted by Gasteiger charge is -2.09. The first kappa shape index (κ1) is 19.5. The van der Waals surface area contributed by atoms with Crippen LogP contribution in [0.25, 0.3) is 98.5 Å². The Bertz CT molecular complexity index is 3470. The summed E-state index contributed by atoms with van der Waals surface area (Å²) in [6, 6.07) is 25.1. The lowest BCUT2D eigenvalue weighted by Crippen LogP contribution is -2.00. The zero-order valence-corrected chi connectivity index (χ0v) is 26.7. The summed E-state index contributed by atoms with van der Waals surface area (Å²) >= 11 is 0.869. The van der Waals surface area contributed by atoms with Gasteiger partial charge in [-0.25, -0.2) is 15.0 Å². The van der Waals surface area contributed by atoms with Gasteiger partial charge in [-0.3, -0.25) is 0 Å². The molecule has 0 spiro atoms. The molecule has 3 aromatic heterocycles. The highest BCUT2D eigenvalue weighted by molar-refractivity contribution is 7.25. The second kappa shape index (κ2) is 11.6. The lowest BCUT2D eigenvalue weighted by molar-refractivity contribution is 0.669. The molecular formula is C45H27N3OS. The Labute approximate surface area is 307 Å². The Balaban J connectivity index is 1.21. The van der Waals surface area contributed by atoms with Gasteiger partial charge < -0.3 is 4.42 Å². The number of rotatable bonds is 5. The van der Waals surface area contributed by atoms with Gasteiger partial charge in [0.1, 0.15) is 11.2 Å². The van der Waals surface area contributed by atoms with Crippen molar-refractivity contribution in [1.29, 1.82) is 0 Å². The summed E-state index contributed by atoms with van der Waals surface area (Å²) in [5.41, 5.74) is 3.62. The Hall–Kier alpha value is -6.43. The predicted octanol–water partition coefficient (Wildman–Crippen LogP) is 12.5. The molecule has 0 fully saturated rings. The molecule has 0 unspecified atom stereocenters. The van der Waals surface area contributed by atoms with Gasteiger partial charge in [0, 0.05) is 47.6 Å². The smallest absolute Gasteiger partial charge is 0.164 e. The van der Waals surface area contributed by atoms with Gasteiger partial charge in [0.2, 0.25) is 0 Å². The van der Waals surface area contributed by atoms with E-state index in [0.717, 1.165) is 33.2 Å². The van der Waals surface area contributed by atoms with Gasteiger partial charge in [0.15, 0.2) is 17.5 Å². The summed E-state index contributed by atoms with van der Waals surface area (Å²) in [5, 5.41) is 1.86. The molecule has 50 heavy (non-hydrogen) atoms. The molecule has 0 N–H and O–H groups in total. The van der Waals surface area contributed by atoms with Crippen LogP contribution in [-0.2, 0) is 0 Å². The fourth-order valence-corrected chi connectivity index (χ4v) is 7.03. The monoisotopic (exact) mass is 668 g/mol. The van der Waals surface area contributed by atoms with E-state index in [1.54, 1.807) is 0 Å². The van der Waals surface area contributed by atoms with E-state index in [-0.39, 0.29) is 66.9 Å². The highest BCUT2D eigenvalue weighted by Gasteiger charge is 2.16. The molecule has 0 aliphatic carbocycles. The van der Waals surface area contributed by atoms with E-state index in [1.807, 2.05) is 97.1 Å². The molecule has 0 saturated carbocycles. The topological polar surface area (TPSA) is 51.8 Å². The molecule has 4 nitrogen and oxygen atoms in total. The van der Waals surface area contributed by atoms with Gasteiger partial charge in [-0.15, -0.1) is 11.3 Å². The Kier molecular flexibility index (Phi) is 4.54. The Morgan fingerprint density at radius 1 is 0.420 bits per heavy atom. The van der Waals surface area contributed by atoms with Crippen LogP contribution in [0.4, 0.5) is 0 Å². The number of nitrogens with zero attached hydrogens (tertiary/aromatic N) is 3. The summed E-state index contributed by atoms with van der Waals surface area (Å²) in [5.74, 6) is 0.360. The van der Waals surface area contributed by atoms with Crippen molar-refractivity contribution in [3.8, 4) is 56.4 Å². The summed E-state index contributed by atoms with van der Waals surface area (Å²) in [6.45, 7) is 0. The van der Waals surface area contributed by atoms with Crippen molar-refractivity contribution in [2.24, 2.45) is 0 Å². The highest BCUT2D eigenvalue weighted by Crippen LogP contribution is 2.39. The molecule has 0 radical (unpaired) electrons. The summed E-state index contributed by atoms with van der Waals surface area (Å²) < 4.78 is 103. The van der Waals surface area contributed by atoms with Crippen molar-refractivity contribution in [2.75, 3.05) is 0 Å². The summed E-state index contributed by atoms with van der Waals surface area (Å²) in [6.07, 6.45) is 0. The molecule has 0 aliphatic rings. The van der Waals surface area contributed by atoms with Crippen LogP contribution < -0.4 is 0 Å². The van der Waals surface area contributed by atoms with E-state index >= 15 is 0 Å². The fraction of sp³-hybridized carbons (Fsp3) is 0. The number of hydrogen-bond donors (Lipinski definition) is 0. The molecule has 10 rings (SSSR count). The summed E-state index contributed by atoms with van der Waals surface area (Å²) in [4.78, 5) is 14.5. The van der Waals surface area contributed by atoms with Crippen molar-refractivity contribution < 1.29 is 19.5 Å². The van der Waals surface area contributed by atoms with E-state index in [0.29, 0.717) is 22.3 Å². The maximum absolute atomic E-state index is 9.61. The number of para-hydroxylation sites is 1. The molecule has 0 saturated heterocycles. The van der Waals surface area contributed by atoms with Gasteiger partial charge >= 0.3 is 0 Å². The van der Waals surface area contributed by atoms with Gasteiger partial charge in [-0.2, -0.15) is 0 Å². The Morgan fingerprint density at radius 3 is 1.92 bits per heavy atom. The van der Waals surface area contributed by atoms with Gasteiger partial charge in [0.25, 0.3) is 0 Å². The molecule has 0 bridgehead atoms. The number of aromatic nitrogens is 3. The molecule has 10 aromatic rings. The number of fused-ring (bicyclic) bond motifs is 6. The summed E-state index contributed by atoms with van der Waals surface area (Å²) in [7, 11) is 0. The maximum Gasteiger partial charge on any atom is 0.164 e. The second-order valence-corrected chi connectivity index (χ2v) is 12.6. The SMILES string of the molecule is [2H]c1c([2H])c([2H])c(-c2c([2H])c([2H])c3c(sc4c([2H])c([2H])c(-c5nc(-c6ccc(-c7ccccc7)cc6)nc(-c6ccc7c(c6)oc6ccccc67)n5)c([2H])c43)c2[2H])c([2H])c1[2H]. The molecule has 0 amide bonds. The first-order valence-corrected chi connectivity index (χ1v) is 16.5. The maximum atomic E-state index is 9.61. The van der Waals surface area contributed by atoms with Crippen LogP contribution in [0.1, 0.15) is 15.1 Å². The number of hydrogen-bond acceptors (Lipinski definition) is 5. The van der Waals surface area contributed by atoms with E-state index < -0.39 is 53.9 Å². The normalized spacial score (nSPS) is 14.7. The van der Waals surface area contributed by atoms with Crippen LogP contribution in [0.2, 0.25) is 0 Å². The molecule has 7 aromatic carbocycles. The van der Waals surface area contributed by atoms with Gasteiger partial charge in [0.05, 0.1) is 15.1 Å². The molecule has 234 valence electrons. The van der Waals surface area contributed by atoms with Crippen molar-refractivity contribution in [1.82, 2.24) is 15.0 Å². The van der Waals surface area contributed by atoms with E-state index in [1.165, 1.54) is 0 Å². The minimum Gasteiger partial charge on any atom is -0.456 e. The van der Waals surface area contributed by atoms with Crippen LogP contribution in [0.5, 0.6) is 0 Å². The number of thiophene rings is 1. The Morgan fingerprint density at radius 2 is 1.08 bits per heavy atom. The van der Waals surface area contributed by atoms with Crippen LogP contribution in [0.3, 0.4) is 0 Å². The third-order valence-corrected chi connectivity index (χ3v) is 9.53. The average Bonchev–Trinajstić information content (AvgIpc) is 3.87. The van der Waals surface area contributed by atoms with Gasteiger partial charge in [-0.05, 0) is 64.6 Å². The lowest BCUT2D eigenvalue weighted by atomic mass is 10.0. The number of furan rings is 1. The van der Waals surface area contributed by atoms with Crippen molar-refractivity contribution >= 4 is 53.4 Å². The van der Waals surface area contributed by atoms with Crippen LogP contribution in [-0.4, -0.2) is 15.0 Å². The van der Waals surface area contributed by atoms with E-state index in [9.17, 15) is 6.85 Å². The molecule has 0 aliphatic heterocycles. The highest BCUT2D eigenvalue weighted by atomic mass is 32.1. The fourth-order valence-electron chi connectivity index (χ4n) is 6.06. The molecule has 5 heteroatoms. The minimum atomic E-state index is -0.649. The minimum absolute atomic E-state index is 0.00722. The van der Waals surface area contributed by atoms with Crippen molar-refractivity contribution in [3.05, 3.63) is 164 Å². The second-order valence-electron chi connectivity index (χ2n) is 11.6. The van der Waals surface area contributed by atoms with E-state index in [4.69, 9.17) is 27.6 Å². The zero-order valence-electron chi connectivity index (χ0n) is 36.9. The molecule has 0 atom stereocenters. The zero-order chi connectivity index (χ0) is 42.6. The number of benzene rings is 7. The largest absolute Gasteiger partial charge is 0.456 e. The van der Waals surface area contributed by atoms with Crippen molar-refractivity contribution in [2.45, 2.75) is 0 Å². The van der Waals surface area contributed by atoms with Crippen molar-refractivity contribution in [3.63, 3.8) is 0 Å². The quantitative estimate of drug-likeness (QED) is 0.183. The van der Waals surface area contributed by atoms with Gasteiger partial charge in [-0.1, -0.05) is 121 Å². The van der Waals surface area contributed by atoms with Crippen LogP contribution in [0.15, 0.2) is 168 Å². The third-order valence-electron chi connectivity index (χ3n) is 8.51.